The molecule has 1 aliphatic rings. The van der Waals surface area contributed by atoms with E-state index in [1.807, 2.05) is 72.8 Å². The molecule has 0 heterocycles. The number of aromatic hydroxyl groups is 2. The van der Waals surface area contributed by atoms with E-state index in [9.17, 15) is 10.2 Å². The molecule has 6 aromatic rings. The summed E-state index contributed by atoms with van der Waals surface area (Å²) in [7, 11) is 0. The fourth-order valence-electron chi connectivity index (χ4n) is 6.29. The van der Waals surface area contributed by atoms with Crippen LogP contribution < -0.4 is 0 Å². The second kappa shape index (κ2) is 8.61. The van der Waals surface area contributed by atoms with Crippen LogP contribution in [0.5, 0.6) is 11.5 Å². The summed E-state index contributed by atoms with van der Waals surface area (Å²) in [5.41, 5.74) is 9.56. The number of rotatable bonds is 2. The van der Waals surface area contributed by atoms with Gasteiger partial charge in [0, 0.05) is 16.5 Å². The normalized spacial score (nSPS) is 13.3. The van der Waals surface area contributed by atoms with E-state index in [4.69, 9.17) is 0 Å². The van der Waals surface area contributed by atoms with E-state index in [0.29, 0.717) is 0 Å². The first kappa shape index (κ1) is 23.3. The third-order valence-corrected chi connectivity index (χ3v) is 8.27. The van der Waals surface area contributed by atoms with Crippen molar-refractivity contribution in [3.63, 3.8) is 0 Å². The number of hydrogen-bond acceptors (Lipinski definition) is 2. The fraction of sp³-hybridized carbons (Fsp3) is 0.0811. The van der Waals surface area contributed by atoms with Crippen LogP contribution in [0.2, 0.25) is 0 Å². The van der Waals surface area contributed by atoms with E-state index < -0.39 is 5.41 Å². The van der Waals surface area contributed by atoms with Crippen molar-refractivity contribution in [3.05, 3.63) is 132 Å². The smallest absolute Gasteiger partial charge is 0.123 e. The molecule has 0 atom stereocenters. The average Bonchev–Trinajstić information content (AvgIpc) is 2.97. The van der Waals surface area contributed by atoms with Crippen LogP contribution in [-0.2, 0) is 5.41 Å². The quantitative estimate of drug-likeness (QED) is 0.246. The lowest BCUT2D eigenvalue weighted by atomic mass is 9.69. The Morgan fingerprint density at radius 3 is 1.31 bits per heavy atom. The highest BCUT2D eigenvalue weighted by Crippen LogP contribution is 2.52. The number of fused-ring (bicyclic) bond motifs is 4. The van der Waals surface area contributed by atoms with Crippen molar-refractivity contribution in [2.24, 2.45) is 0 Å². The zero-order valence-corrected chi connectivity index (χ0v) is 21.9. The molecule has 0 saturated heterocycles. The highest BCUT2D eigenvalue weighted by molar-refractivity contribution is 6.09. The number of hydrogen-bond donors (Lipinski definition) is 2. The van der Waals surface area contributed by atoms with Crippen LogP contribution >= 0.6 is 0 Å². The zero-order chi connectivity index (χ0) is 26.7. The fourth-order valence-corrected chi connectivity index (χ4v) is 6.29. The Hall–Kier alpha value is -4.82. The van der Waals surface area contributed by atoms with Gasteiger partial charge in [-0.25, -0.2) is 0 Å². The molecule has 6 aromatic carbocycles. The van der Waals surface area contributed by atoms with E-state index in [0.717, 1.165) is 61.0 Å². The molecule has 0 fully saturated rings. The maximum Gasteiger partial charge on any atom is 0.123 e. The summed E-state index contributed by atoms with van der Waals surface area (Å²) < 4.78 is 0. The lowest BCUT2D eigenvalue weighted by molar-refractivity contribution is 0.472. The van der Waals surface area contributed by atoms with Gasteiger partial charge in [0.15, 0.2) is 0 Å². The van der Waals surface area contributed by atoms with Crippen molar-refractivity contribution in [1.82, 2.24) is 0 Å². The van der Waals surface area contributed by atoms with Crippen LogP contribution in [0, 0.1) is 0 Å². The molecule has 2 nitrogen and oxygen atoms in total. The first-order valence-electron chi connectivity index (χ1n) is 13.3. The number of phenolic OH excluding ortho intramolecular Hbond substituents is 2. The molecule has 0 aromatic heterocycles. The van der Waals surface area contributed by atoms with E-state index in [1.54, 1.807) is 0 Å². The van der Waals surface area contributed by atoms with Crippen molar-refractivity contribution < 1.29 is 10.2 Å². The summed E-state index contributed by atoms with van der Waals surface area (Å²) in [6, 6.07) is 41.1. The Bertz CT molecular complexity index is 1750. The van der Waals surface area contributed by atoms with Crippen molar-refractivity contribution in [3.8, 4) is 56.0 Å². The van der Waals surface area contributed by atoms with Crippen LogP contribution in [0.3, 0.4) is 0 Å². The molecule has 1 aliphatic carbocycles. The molecule has 0 saturated carbocycles. The third kappa shape index (κ3) is 3.56. The van der Waals surface area contributed by atoms with Crippen LogP contribution in [0.1, 0.15) is 25.0 Å². The van der Waals surface area contributed by atoms with Crippen LogP contribution in [0.4, 0.5) is 0 Å². The van der Waals surface area contributed by atoms with Crippen LogP contribution in [-0.4, -0.2) is 10.2 Å². The molecule has 0 spiro atoms. The van der Waals surface area contributed by atoms with Gasteiger partial charge in [-0.3, -0.25) is 0 Å². The summed E-state index contributed by atoms with van der Waals surface area (Å²) >= 11 is 0. The van der Waals surface area contributed by atoms with Gasteiger partial charge in [-0.05, 0) is 79.5 Å². The van der Waals surface area contributed by atoms with Gasteiger partial charge in [0.25, 0.3) is 0 Å². The maximum absolute atomic E-state index is 11.3. The summed E-state index contributed by atoms with van der Waals surface area (Å²) in [6.07, 6.45) is 0. The lowest BCUT2D eigenvalue weighted by Crippen LogP contribution is -2.22. The molecule has 0 aliphatic heterocycles. The van der Waals surface area contributed by atoms with Crippen molar-refractivity contribution in [2.75, 3.05) is 0 Å². The van der Waals surface area contributed by atoms with Gasteiger partial charge in [-0.2, -0.15) is 0 Å². The monoisotopic (exact) mass is 504 g/mol. The van der Waals surface area contributed by atoms with Crippen molar-refractivity contribution in [1.29, 1.82) is 0 Å². The third-order valence-electron chi connectivity index (χ3n) is 8.27. The molecule has 39 heavy (non-hydrogen) atoms. The topological polar surface area (TPSA) is 40.5 Å². The van der Waals surface area contributed by atoms with Crippen molar-refractivity contribution >= 4 is 10.8 Å². The summed E-state index contributed by atoms with van der Waals surface area (Å²) in [4.78, 5) is 0. The SMILES string of the molecule is CC1(C)c2cc(O)c(-c3ccccc3)cc2-c2cccc3cccc(c23)-c2cc(-c3ccccc3)c(O)cc21. The van der Waals surface area contributed by atoms with Gasteiger partial charge in [0.1, 0.15) is 11.5 Å². The average molecular weight is 505 g/mol. The zero-order valence-electron chi connectivity index (χ0n) is 21.9. The van der Waals surface area contributed by atoms with Crippen molar-refractivity contribution in [2.45, 2.75) is 19.3 Å². The van der Waals surface area contributed by atoms with Gasteiger partial charge in [-0.1, -0.05) is 111 Å². The van der Waals surface area contributed by atoms with Gasteiger partial charge in [0.2, 0.25) is 0 Å². The van der Waals surface area contributed by atoms with Gasteiger partial charge in [-0.15, -0.1) is 0 Å². The molecular formula is C37H28O2. The molecular weight excluding hydrogens is 476 g/mol. The minimum absolute atomic E-state index is 0.251. The van der Waals surface area contributed by atoms with Crippen LogP contribution in [0.15, 0.2) is 121 Å². The maximum atomic E-state index is 11.3. The Kier molecular flexibility index (Phi) is 5.14. The molecule has 7 rings (SSSR count). The van der Waals surface area contributed by atoms with E-state index in [-0.39, 0.29) is 11.5 Å². The first-order valence-corrected chi connectivity index (χ1v) is 13.3. The van der Waals surface area contributed by atoms with Gasteiger partial charge >= 0.3 is 0 Å². The molecule has 0 radical (unpaired) electrons. The highest BCUT2D eigenvalue weighted by atomic mass is 16.3. The second-order valence-corrected chi connectivity index (χ2v) is 10.9. The Labute approximate surface area is 228 Å². The molecule has 0 bridgehead atoms. The molecule has 0 amide bonds. The standard InChI is InChI=1S/C37H28O2/c1-37(2)32-21-34(38)28(23-11-5-3-6-12-23)19-30(32)26-17-9-15-25-16-10-18-27(36(25)26)31-20-29(35(39)22-33(31)37)24-13-7-4-8-14-24/h3-22,38-39H,1-2H3. The Morgan fingerprint density at radius 2 is 0.872 bits per heavy atom. The summed E-state index contributed by atoms with van der Waals surface area (Å²) in [6.45, 7) is 4.37. The lowest BCUT2D eigenvalue weighted by Gasteiger charge is -2.34. The first-order chi connectivity index (χ1) is 18.9. The van der Waals surface area contributed by atoms with Gasteiger partial charge in [0.05, 0.1) is 0 Å². The Morgan fingerprint density at radius 1 is 0.436 bits per heavy atom. The predicted octanol–water partition coefficient (Wildman–Crippen LogP) is 9.56. The number of benzene rings is 6. The summed E-state index contributed by atoms with van der Waals surface area (Å²) in [5.74, 6) is 0.501. The largest absolute Gasteiger partial charge is 0.507 e. The summed E-state index contributed by atoms with van der Waals surface area (Å²) in [5, 5.41) is 25.0. The minimum Gasteiger partial charge on any atom is -0.507 e. The molecule has 0 unspecified atom stereocenters. The van der Waals surface area contributed by atoms with Crippen LogP contribution in [0.25, 0.3) is 55.3 Å². The number of phenols is 2. The minimum atomic E-state index is -0.514. The highest BCUT2D eigenvalue weighted by Gasteiger charge is 2.34. The van der Waals surface area contributed by atoms with E-state index in [2.05, 4.69) is 62.4 Å². The predicted molar refractivity (Wildman–Crippen MR) is 161 cm³/mol. The van der Waals surface area contributed by atoms with Gasteiger partial charge < -0.3 is 10.2 Å². The van der Waals surface area contributed by atoms with E-state index in [1.165, 1.54) is 5.39 Å². The second-order valence-electron chi connectivity index (χ2n) is 10.9. The molecule has 2 N–H and O–H groups in total. The molecule has 188 valence electrons. The van der Waals surface area contributed by atoms with E-state index >= 15 is 0 Å². The Balaban J connectivity index is 1.62. The molecule has 2 heteroatoms.